The first-order valence-corrected chi connectivity index (χ1v) is 16.6. The normalized spacial score (nSPS) is 14.4. The van der Waals surface area contributed by atoms with Crippen molar-refractivity contribution in [2.24, 2.45) is 0 Å². The summed E-state index contributed by atoms with van der Waals surface area (Å²) in [6, 6.07) is 30.6. The van der Waals surface area contributed by atoms with Gasteiger partial charge in [-0.1, -0.05) is 72.8 Å². The molecule has 1 saturated heterocycles. The second-order valence-electron chi connectivity index (χ2n) is 11.8. The summed E-state index contributed by atoms with van der Waals surface area (Å²) in [4.78, 5) is 38.9. The molecule has 0 radical (unpaired) electrons. The third-order valence-electron chi connectivity index (χ3n) is 8.86. The van der Waals surface area contributed by atoms with E-state index in [-0.39, 0.29) is 23.4 Å². The lowest BCUT2D eigenvalue weighted by molar-refractivity contribution is -0.137. The van der Waals surface area contributed by atoms with E-state index in [4.69, 9.17) is 9.97 Å². The van der Waals surface area contributed by atoms with E-state index in [1.165, 1.54) is 28.0 Å². The van der Waals surface area contributed by atoms with Gasteiger partial charge >= 0.3 is 6.18 Å². The van der Waals surface area contributed by atoms with Crippen LogP contribution in [-0.4, -0.2) is 44.3 Å². The maximum Gasteiger partial charge on any atom is 0.416 e. The third kappa shape index (κ3) is 6.23. The van der Waals surface area contributed by atoms with Gasteiger partial charge in [-0.3, -0.25) is 14.2 Å². The van der Waals surface area contributed by atoms with Gasteiger partial charge in [0, 0.05) is 30.0 Å². The number of carbonyl (C=O) groups excluding carboxylic acids is 2. The lowest BCUT2D eigenvalue weighted by atomic mass is 9.94. The summed E-state index contributed by atoms with van der Waals surface area (Å²) >= 11 is 1.40. The number of nitrogens with zero attached hydrogens (tertiary/aromatic N) is 5. The zero-order valence-electron chi connectivity index (χ0n) is 26.0. The number of halogens is 3. The fraction of sp³-hybridized carbons (Fsp3) is 0.184. The van der Waals surface area contributed by atoms with Crippen LogP contribution in [0.3, 0.4) is 0 Å². The molecule has 3 heterocycles. The highest BCUT2D eigenvalue weighted by atomic mass is 32.1. The molecule has 0 aliphatic carbocycles. The van der Waals surface area contributed by atoms with Gasteiger partial charge in [0.25, 0.3) is 11.8 Å². The molecular weight excluding hydrogens is 648 g/mol. The molecule has 1 aliphatic heterocycles. The maximum absolute atomic E-state index is 14.1. The van der Waals surface area contributed by atoms with Gasteiger partial charge in [0.15, 0.2) is 0 Å². The van der Waals surface area contributed by atoms with Gasteiger partial charge in [0.05, 0.1) is 27.7 Å². The third-order valence-corrected chi connectivity index (χ3v) is 9.87. The molecule has 1 unspecified atom stereocenters. The number of rotatable bonds is 6. The zero-order valence-corrected chi connectivity index (χ0v) is 26.8. The number of alkyl halides is 3. The monoisotopic (exact) mass is 675 g/mol. The molecule has 244 valence electrons. The van der Waals surface area contributed by atoms with E-state index in [2.05, 4.69) is 6.07 Å². The zero-order chi connectivity index (χ0) is 34.1. The number of likely N-dealkylation sites (tertiary alicyclic amines) is 1. The molecule has 2 aromatic heterocycles. The fourth-order valence-corrected chi connectivity index (χ4v) is 7.29. The molecule has 1 atom stereocenters. The van der Waals surface area contributed by atoms with Crippen LogP contribution in [0.2, 0.25) is 0 Å². The Balaban J connectivity index is 1.08. The minimum Gasteiger partial charge on any atom is -0.339 e. The summed E-state index contributed by atoms with van der Waals surface area (Å²) in [6.07, 6.45) is -3.17. The van der Waals surface area contributed by atoms with E-state index in [9.17, 15) is 28.0 Å². The number of carbonyl (C=O) groups is 2. The number of fused-ring (bicyclic) bond motifs is 1. The lowest BCUT2D eigenvalue weighted by Crippen LogP contribution is -2.38. The van der Waals surface area contributed by atoms with Crippen molar-refractivity contribution in [3.63, 3.8) is 0 Å². The molecule has 0 bridgehead atoms. The van der Waals surface area contributed by atoms with Gasteiger partial charge in [0.2, 0.25) is 0 Å². The van der Waals surface area contributed by atoms with Gasteiger partial charge in [-0.05, 0) is 59.9 Å². The van der Waals surface area contributed by atoms with Crippen molar-refractivity contribution >= 4 is 34.2 Å². The van der Waals surface area contributed by atoms with E-state index in [0.717, 1.165) is 22.7 Å². The molecule has 0 saturated carbocycles. The Kier molecular flexibility index (Phi) is 8.57. The first-order chi connectivity index (χ1) is 23.7. The molecule has 11 heteroatoms. The topological polar surface area (TPSA) is 91.9 Å². The van der Waals surface area contributed by atoms with Gasteiger partial charge in [-0.2, -0.15) is 18.4 Å². The summed E-state index contributed by atoms with van der Waals surface area (Å²) in [5, 5.41) is 12.7. The van der Waals surface area contributed by atoms with Crippen LogP contribution in [0, 0.1) is 11.3 Å². The van der Waals surface area contributed by atoms with E-state index < -0.39 is 17.7 Å². The second kappa shape index (κ2) is 13.1. The number of hydrogen-bond acceptors (Lipinski definition) is 6. The molecule has 4 aromatic carbocycles. The highest BCUT2D eigenvalue weighted by molar-refractivity contribution is 7.09. The number of thiazole rings is 1. The average molecular weight is 676 g/mol. The van der Waals surface area contributed by atoms with Crippen molar-refractivity contribution in [3.05, 3.63) is 142 Å². The Morgan fingerprint density at radius 1 is 0.837 bits per heavy atom. The van der Waals surface area contributed by atoms with Crippen molar-refractivity contribution in [3.8, 4) is 17.2 Å². The van der Waals surface area contributed by atoms with Crippen LogP contribution < -0.4 is 0 Å². The van der Waals surface area contributed by atoms with Crippen LogP contribution >= 0.6 is 11.3 Å². The largest absolute Gasteiger partial charge is 0.416 e. The van der Waals surface area contributed by atoms with E-state index in [1.807, 2.05) is 48.5 Å². The number of nitriles is 1. The maximum atomic E-state index is 14.1. The highest BCUT2D eigenvalue weighted by Crippen LogP contribution is 2.35. The van der Waals surface area contributed by atoms with Gasteiger partial charge in [0.1, 0.15) is 17.4 Å². The van der Waals surface area contributed by atoms with Crippen LogP contribution in [0.25, 0.3) is 22.2 Å². The molecule has 0 spiro atoms. The predicted octanol–water partition coefficient (Wildman–Crippen LogP) is 8.54. The van der Waals surface area contributed by atoms with Crippen LogP contribution in [-0.2, 0) is 6.18 Å². The summed E-state index contributed by atoms with van der Waals surface area (Å²) < 4.78 is 40.8. The minimum atomic E-state index is -4.44. The van der Waals surface area contributed by atoms with E-state index in [0.29, 0.717) is 59.5 Å². The van der Waals surface area contributed by atoms with Crippen LogP contribution in [0.15, 0.2) is 109 Å². The summed E-state index contributed by atoms with van der Waals surface area (Å²) in [7, 11) is 0. The van der Waals surface area contributed by atoms with Gasteiger partial charge in [-0.15, -0.1) is 11.3 Å². The number of imidazole rings is 1. The Hall–Kier alpha value is -5.60. The molecule has 7 nitrogen and oxygen atoms in total. The number of hydrogen-bond donors (Lipinski definition) is 0. The number of benzene rings is 4. The molecular formula is C38H28F3N5O2S. The molecule has 1 amide bonds. The second-order valence-corrected chi connectivity index (χ2v) is 12.7. The van der Waals surface area contributed by atoms with Crippen LogP contribution in [0.4, 0.5) is 13.2 Å². The van der Waals surface area contributed by atoms with E-state index in [1.54, 1.807) is 40.6 Å². The summed E-state index contributed by atoms with van der Waals surface area (Å²) in [5.74, 6) is -0.945. The predicted molar refractivity (Wildman–Crippen MR) is 180 cm³/mol. The Labute approximate surface area is 283 Å². The van der Waals surface area contributed by atoms with Gasteiger partial charge in [-0.25, -0.2) is 9.97 Å². The Morgan fingerprint density at radius 3 is 2.22 bits per heavy atom. The Bertz CT molecular complexity index is 2190. The molecule has 0 N–H and O–H groups in total. The number of aromatic nitrogens is 3. The minimum absolute atomic E-state index is 0.0379. The van der Waals surface area contributed by atoms with Crippen molar-refractivity contribution in [1.82, 2.24) is 19.4 Å². The summed E-state index contributed by atoms with van der Waals surface area (Å²) in [6.45, 7) is 0.926. The number of amides is 1. The van der Waals surface area contributed by atoms with Crippen molar-refractivity contribution in [2.75, 3.05) is 13.1 Å². The van der Waals surface area contributed by atoms with Crippen molar-refractivity contribution in [1.29, 1.82) is 5.26 Å². The number of para-hydroxylation sites is 2. The van der Waals surface area contributed by atoms with Crippen LogP contribution in [0.1, 0.15) is 67.5 Å². The quantitative estimate of drug-likeness (QED) is 0.177. The fourth-order valence-electron chi connectivity index (χ4n) is 6.33. The van der Waals surface area contributed by atoms with Crippen molar-refractivity contribution < 1.29 is 22.8 Å². The standard InChI is InChI=1S/C38H28F3N5O2S/c39-38(40,41)27-16-14-25(15-17-27)28-10-4-5-11-29(28)36(47)45-20-18-26(19-21-45)35-44-32(23-49-35)37(48)46-33-13-7-6-12-31(33)43-34(46)30(22-42)24-8-2-1-3-9-24/h1-17,23,26,30H,18-21H2. The van der Waals surface area contributed by atoms with E-state index >= 15 is 0 Å². The van der Waals surface area contributed by atoms with Gasteiger partial charge < -0.3 is 4.90 Å². The molecule has 6 aromatic rings. The SMILES string of the molecule is N#CC(c1ccccc1)c1nc2ccccc2n1C(=O)c1csc(C2CCN(C(=O)c3ccccc3-c3ccc(C(F)(F)F)cc3)CC2)n1. The summed E-state index contributed by atoms with van der Waals surface area (Å²) in [5.41, 5.74) is 2.99. The van der Waals surface area contributed by atoms with Crippen molar-refractivity contribution in [2.45, 2.75) is 30.9 Å². The first-order valence-electron chi connectivity index (χ1n) is 15.7. The average Bonchev–Trinajstić information content (AvgIpc) is 3.78. The Morgan fingerprint density at radius 2 is 1.51 bits per heavy atom. The highest BCUT2D eigenvalue weighted by Gasteiger charge is 2.32. The lowest BCUT2D eigenvalue weighted by Gasteiger charge is -2.31. The molecule has 7 rings (SSSR count). The first kappa shape index (κ1) is 32.0. The molecule has 1 aliphatic rings. The smallest absolute Gasteiger partial charge is 0.339 e. The molecule has 49 heavy (non-hydrogen) atoms. The molecule has 1 fully saturated rings. The number of piperidine rings is 1. The van der Waals surface area contributed by atoms with Crippen LogP contribution in [0.5, 0.6) is 0 Å².